The summed E-state index contributed by atoms with van der Waals surface area (Å²) in [7, 11) is 1.03. The molecule has 2 saturated heterocycles. The third-order valence-electron chi connectivity index (χ3n) is 19.5. The normalized spacial score (nSPS) is 19.4. The Balaban J connectivity index is 1.10. The summed E-state index contributed by atoms with van der Waals surface area (Å²) < 4.78 is 77.5. The number of alkyl halides is 1. The number of carbonyl (C=O) groups is 3. The smallest absolute Gasteiger partial charge is 0.330 e. The van der Waals surface area contributed by atoms with Gasteiger partial charge in [-0.1, -0.05) is 191 Å². The van der Waals surface area contributed by atoms with Crippen LogP contribution in [-0.2, 0) is 38.7 Å². The van der Waals surface area contributed by atoms with Crippen molar-refractivity contribution in [3.8, 4) is 17.6 Å². The number of carbonyl (C=O) groups excluding carboxylic acids is 3. The second-order valence-corrected chi connectivity index (χ2v) is 30.4. The van der Waals surface area contributed by atoms with Crippen molar-refractivity contribution >= 4 is 42.0 Å². The number of nitrogens with zero attached hydrogens (tertiary/aromatic N) is 8. The van der Waals surface area contributed by atoms with Gasteiger partial charge in [0.25, 0.3) is 11.5 Å². The molecular formula is C76H98FN10O12P. The van der Waals surface area contributed by atoms with Crippen molar-refractivity contribution in [1.82, 2.24) is 38.6 Å². The third kappa shape index (κ3) is 17.7. The molecule has 0 aliphatic carbocycles. The minimum Gasteiger partial charge on any atom is -0.497 e. The summed E-state index contributed by atoms with van der Waals surface area (Å²) in [4.78, 5) is 88.4. The van der Waals surface area contributed by atoms with Crippen molar-refractivity contribution in [2.45, 2.75) is 204 Å². The summed E-state index contributed by atoms with van der Waals surface area (Å²) in [6.45, 7) is 8.78. The van der Waals surface area contributed by atoms with Crippen LogP contribution in [0.25, 0.3) is 11.2 Å². The number of ether oxygens (including phenoxy) is 6. The molecule has 9 rings (SSSR count). The van der Waals surface area contributed by atoms with E-state index in [1.54, 1.807) is 78.1 Å². The topological polar surface area (TPSA) is 264 Å². The first kappa shape index (κ1) is 76.0. The predicted octanol–water partition coefficient (Wildman–Crippen LogP) is 13.7. The molecule has 2 aliphatic heterocycles. The SMILES string of the molecule is CCCCCCCCCCCCCCCCC(=O)N(C[C@H]1O[C@H](n2cnc3c(NC(=O)c4ccccc4)ncnc32)[C@H](OC)[C@@H]1N(CCC#N)P(=O)(C(C)C)C(C)C)C(=O)C[C@H]1[C@@H](F)[C@H](n2ccc(=O)[nH]c2=O)O[C@@H]1COC(c1ccccc1)(c1ccc(OC)cc1)c1ccc(OC)cc1. The van der Waals surface area contributed by atoms with Gasteiger partial charge in [0.1, 0.15) is 29.5 Å². The second-order valence-electron chi connectivity index (χ2n) is 26.5. The fourth-order valence-corrected chi connectivity index (χ4v) is 17.7. The number of amides is 3. The monoisotopic (exact) mass is 1390 g/mol. The third-order valence-corrected chi connectivity index (χ3v) is 23.7. The minimum absolute atomic E-state index is 0.0155. The van der Waals surface area contributed by atoms with Crippen LogP contribution >= 0.6 is 7.29 Å². The van der Waals surface area contributed by atoms with Crippen molar-refractivity contribution in [2.24, 2.45) is 5.92 Å². The standard InChI is InChI=1S/C76H98FN10O12P/c1-9-10-11-12-13-14-15-16-17-18-19-20-21-28-34-64(89)85(48-61-68(87(45-29-44-78)100(93,52(2)3)53(4)5)69(96-8)74(98-61)86-51-81-67-70(79-50-80-71(67)86)83-72(91)54-30-24-22-25-31-54)65(90)47-60-62(99-73(66(60)77)84-46-43-63(88)82-75(84)92)49-97-76(55-32-26-23-27-33-55,56-35-39-58(94-6)40-36-56)57-37-41-59(95-7)42-38-57/h22-27,30-33,35-43,46,50-53,60-62,66,68-69,73-74H,9-21,28-29,34,45,47-49H2,1-8H3,(H,82,88,92)(H,79,80,83,91)/t60-,61-,62-,66-,68-,69-,73-,74+/m1/s1. The lowest BCUT2D eigenvalue weighted by Gasteiger charge is -2.44. The van der Waals surface area contributed by atoms with E-state index in [4.69, 9.17) is 28.4 Å². The number of hydrogen-bond donors (Lipinski definition) is 2. The van der Waals surface area contributed by atoms with E-state index in [1.807, 2.05) is 82.3 Å². The molecule has 3 aromatic heterocycles. The fourth-order valence-electron chi connectivity index (χ4n) is 14.2. The highest BCUT2D eigenvalue weighted by Crippen LogP contribution is 2.61. The van der Waals surface area contributed by atoms with Crippen molar-refractivity contribution in [1.29, 1.82) is 5.26 Å². The van der Waals surface area contributed by atoms with Crippen LogP contribution in [0.3, 0.4) is 0 Å². The quantitative estimate of drug-likeness (QED) is 0.0207. The van der Waals surface area contributed by atoms with E-state index in [0.717, 1.165) is 47.4 Å². The lowest BCUT2D eigenvalue weighted by atomic mass is 9.80. The summed E-state index contributed by atoms with van der Waals surface area (Å²) in [6.07, 6.45) is 9.66. The molecule has 536 valence electrons. The average Bonchev–Trinajstić information content (AvgIpc) is 1.58. The van der Waals surface area contributed by atoms with Gasteiger partial charge in [-0.3, -0.25) is 38.2 Å². The van der Waals surface area contributed by atoms with Gasteiger partial charge in [-0.25, -0.2) is 28.8 Å². The predicted molar refractivity (Wildman–Crippen MR) is 381 cm³/mol. The van der Waals surface area contributed by atoms with E-state index < -0.39 is 122 Å². The van der Waals surface area contributed by atoms with Crippen LogP contribution in [0.4, 0.5) is 10.2 Å². The van der Waals surface area contributed by atoms with E-state index in [1.165, 1.54) is 71.1 Å². The Bertz CT molecular complexity index is 3920. The lowest BCUT2D eigenvalue weighted by Crippen LogP contribution is -2.53. The maximum absolute atomic E-state index is 18.3. The highest BCUT2D eigenvalue weighted by atomic mass is 31.2. The molecule has 22 nitrogen and oxygen atoms in total. The van der Waals surface area contributed by atoms with Crippen molar-refractivity contribution < 1.29 is 51.8 Å². The Morgan fingerprint density at radius 3 is 1.82 bits per heavy atom. The van der Waals surface area contributed by atoms with Gasteiger partial charge in [-0.2, -0.15) is 5.26 Å². The number of rotatable bonds is 38. The van der Waals surface area contributed by atoms with Gasteiger partial charge in [0, 0.05) is 68.0 Å². The first-order chi connectivity index (χ1) is 48.4. The van der Waals surface area contributed by atoms with E-state index >= 15 is 18.5 Å². The molecule has 0 bridgehead atoms. The molecule has 100 heavy (non-hydrogen) atoms. The average molecular weight is 1390 g/mol. The zero-order valence-electron chi connectivity index (χ0n) is 58.9. The first-order valence-electron chi connectivity index (χ1n) is 35.3. The molecule has 0 unspecified atom stereocenters. The molecule has 0 radical (unpaired) electrons. The molecule has 2 fully saturated rings. The number of halogens is 1. The number of imide groups is 1. The zero-order valence-corrected chi connectivity index (χ0v) is 59.8. The van der Waals surface area contributed by atoms with Gasteiger partial charge < -0.3 is 38.3 Å². The number of unbranched alkanes of at least 4 members (excludes halogenated alkanes) is 13. The number of fused-ring (bicyclic) bond motifs is 1. The van der Waals surface area contributed by atoms with Gasteiger partial charge >= 0.3 is 5.69 Å². The minimum atomic E-state index is -3.57. The summed E-state index contributed by atoms with van der Waals surface area (Å²) in [5, 5.41) is 13.2. The summed E-state index contributed by atoms with van der Waals surface area (Å²) in [5.41, 5.74) is -1.29. The van der Waals surface area contributed by atoms with Gasteiger partial charge in [0.2, 0.25) is 11.8 Å². The number of benzene rings is 4. The molecule has 4 aromatic carbocycles. The zero-order chi connectivity index (χ0) is 71.3. The molecular weight excluding hydrogens is 1290 g/mol. The van der Waals surface area contributed by atoms with E-state index in [9.17, 15) is 19.6 Å². The summed E-state index contributed by atoms with van der Waals surface area (Å²) in [6, 6.07) is 34.9. The highest BCUT2D eigenvalue weighted by Gasteiger charge is 2.56. The van der Waals surface area contributed by atoms with Gasteiger partial charge in [-0.05, 0) is 59.5 Å². The van der Waals surface area contributed by atoms with Crippen molar-refractivity contribution in [3.63, 3.8) is 0 Å². The maximum Gasteiger partial charge on any atom is 0.330 e. The highest BCUT2D eigenvalue weighted by molar-refractivity contribution is 7.62. The Labute approximate surface area is 585 Å². The Kier molecular flexibility index (Phi) is 27.6. The Hall–Kier alpha value is -8.23. The maximum atomic E-state index is 18.3. The van der Waals surface area contributed by atoms with Crippen molar-refractivity contribution in [2.75, 3.05) is 46.3 Å². The van der Waals surface area contributed by atoms with E-state index in [-0.39, 0.29) is 36.4 Å². The largest absolute Gasteiger partial charge is 0.497 e. The van der Waals surface area contributed by atoms with Crippen LogP contribution in [-0.4, -0.2) is 139 Å². The Morgan fingerprint density at radius 1 is 0.710 bits per heavy atom. The number of nitrogens with one attached hydrogen (secondary N) is 2. The molecule has 3 amide bonds. The summed E-state index contributed by atoms with van der Waals surface area (Å²) >= 11 is 0. The molecule has 2 aliphatic rings. The van der Waals surface area contributed by atoms with Crippen LogP contribution in [0.5, 0.6) is 11.5 Å². The van der Waals surface area contributed by atoms with Crippen LogP contribution in [0.2, 0.25) is 0 Å². The van der Waals surface area contributed by atoms with Crippen LogP contribution in [0.15, 0.2) is 144 Å². The number of H-pyrrole nitrogens is 1. The number of imidazole rings is 1. The first-order valence-corrected chi connectivity index (χ1v) is 37.1. The lowest BCUT2D eigenvalue weighted by molar-refractivity contribution is -0.149. The van der Waals surface area contributed by atoms with Gasteiger partial charge in [0.15, 0.2) is 42.9 Å². The van der Waals surface area contributed by atoms with Gasteiger partial charge in [0.05, 0.1) is 58.0 Å². The molecule has 0 spiro atoms. The molecule has 2 N–H and O–H groups in total. The van der Waals surface area contributed by atoms with Crippen LogP contribution in [0, 0.1) is 17.2 Å². The number of hydrogen-bond acceptors (Lipinski definition) is 16. The Morgan fingerprint density at radius 2 is 1.27 bits per heavy atom. The van der Waals surface area contributed by atoms with E-state index in [0.29, 0.717) is 46.6 Å². The molecule has 0 saturated carbocycles. The number of methoxy groups -OCH3 is 3. The molecule has 8 atom stereocenters. The molecule has 5 heterocycles. The van der Waals surface area contributed by atoms with Gasteiger partial charge in [-0.15, -0.1) is 0 Å². The number of anilines is 1. The number of aromatic nitrogens is 6. The molecule has 24 heteroatoms. The second kappa shape index (κ2) is 36.4. The molecule has 7 aromatic rings. The van der Waals surface area contributed by atoms with E-state index in [2.05, 4.69) is 38.2 Å². The fraction of sp³-hybridized carbons (Fsp3) is 0.513. The number of nitriles is 1. The van der Waals surface area contributed by atoms with Crippen molar-refractivity contribution in [3.05, 3.63) is 177 Å². The van der Waals surface area contributed by atoms with Crippen LogP contribution in [0.1, 0.15) is 183 Å². The summed E-state index contributed by atoms with van der Waals surface area (Å²) in [5.74, 6) is -1.98. The van der Waals surface area contributed by atoms with Crippen LogP contribution < -0.4 is 26.0 Å². The number of aromatic amines is 1.